The van der Waals surface area contributed by atoms with E-state index in [1.165, 1.54) is 0 Å². The summed E-state index contributed by atoms with van der Waals surface area (Å²) in [5.74, 6) is -0.839. The minimum atomic E-state index is -1.93. The zero-order chi connectivity index (χ0) is 17.3. The molecule has 0 radical (unpaired) electrons. The maximum atomic E-state index is 9.88. The van der Waals surface area contributed by atoms with Crippen LogP contribution < -0.4 is 22.9 Å². The fourth-order valence-corrected chi connectivity index (χ4v) is 1.13. The van der Waals surface area contributed by atoms with Gasteiger partial charge >= 0.3 is 0 Å². The van der Waals surface area contributed by atoms with Crippen LogP contribution in [0.3, 0.4) is 0 Å². The number of aliphatic hydroxyl groups is 5. The average molecular weight is 320 g/mol. The highest BCUT2D eigenvalue weighted by Crippen LogP contribution is 2.06. The summed E-state index contributed by atoms with van der Waals surface area (Å²) in [4.78, 5) is 0. The van der Waals surface area contributed by atoms with Gasteiger partial charge in [-0.2, -0.15) is 5.10 Å². The standard InChI is InChI=1S/C9H20N8O5/c10-8(11)16-14-1-3(15-17-9(12)13)5(20)7(22)6(21)4(19)2-18/h1,4-7,18-22H,2H2,(H4,10,11,16)(H4,12,13,17)/b14-1+,15-3+. The predicted octanol–water partition coefficient (Wildman–Crippen LogP) is -5.69. The van der Waals surface area contributed by atoms with E-state index in [0.29, 0.717) is 0 Å². The maximum absolute atomic E-state index is 9.88. The van der Waals surface area contributed by atoms with E-state index in [1.807, 2.05) is 0 Å². The Morgan fingerprint density at radius 2 is 1.41 bits per heavy atom. The van der Waals surface area contributed by atoms with E-state index >= 15 is 0 Å². The zero-order valence-corrected chi connectivity index (χ0v) is 11.4. The second kappa shape index (κ2) is 9.59. The van der Waals surface area contributed by atoms with Crippen molar-refractivity contribution in [3.05, 3.63) is 0 Å². The summed E-state index contributed by atoms with van der Waals surface area (Å²) < 4.78 is 0. The summed E-state index contributed by atoms with van der Waals surface area (Å²) in [5.41, 5.74) is 19.8. The summed E-state index contributed by atoms with van der Waals surface area (Å²) in [5, 5.41) is 60.3. The van der Waals surface area contributed by atoms with Gasteiger partial charge in [-0.05, 0) is 0 Å². The van der Waals surface area contributed by atoms with Crippen molar-refractivity contribution in [2.45, 2.75) is 24.4 Å². The number of aliphatic hydroxyl groups excluding tert-OH is 5. The summed E-state index contributed by atoms with van der Waals surface area (Å²) >= 11 is 0. The van der Waals surface area contributed by atoms with Crippen LogP contribution in [0.25, 0.3) is 0 Å². The van der Waals surface area contributed by atoms with E-state index in [-0.39, 0.29) is 5.96 Å². The van der Waals surface area contributed by atoms with Crippen LogP contribution in [-0.2, 0) is 0 Å². The molecule has 13 nitrogen and oxygen atoms in total. The van der Waals surface area contributed by atoms with Crippen LogP contribution in [0.4, 0.5) is 0 Å². The van der Waals surface area contributed by atoms with Crippen molar-refractivity contribution in [3.63, 3.8) is 0 Å². The molecule has 0 aliphatic heterocycles. The van der Waals surface area contributed by atoms with Crippen LogP contribution in [0.2, 0.25) is 0 Å². The van der Waals surface area contributed by atoms with Gasteiger partial charge in [0.05, 0.1) is 12.8 Å². The Morgan fingerprint density at radius 3 is 1.86 bits per heavy atom. The molecule has 0 aromatic rings. The van der Waals surface area contributed by atoms with Crippen LogP contribution in [0, 0.1) is 0 Å². The lowest BCUT2D eigenvalue weighted by molar-refractivity contribution is -0.100. The molecule has 0 amide bonds. The SMILES string of the molecule is NC(N)=N/N=C/C(=N\N=C(N)N)C(O)C(O)C(O)C(O)CO. The van der Waals surface area contributed by atoms with Crippen molar-refractivity contribution in [2.75, 3.05) is 6.61 Å². The van der Waals surface area contributed by atoms with E-state index in [4.69, 9.17) is 28.0 Å². The summed E-state index contributed by atoms with van der Waals surface area (Å²) in [6.07, 6.45) is -6.54. The maximum Gasteiger partial charge on any atom is 0.211 e. The number of hydrogen-bond acceptors (Lipinski definition) is 9. The number of nitrogens with two attached hydrogens (primary N) is 4. The monoisotopic (exact) mass is 320 g/mol. The third kappa shape index (κ3) is 6.91. The first-order chi connectivity index (χ1) is 10.2. The lowest BCUT2D eigenvalue weighted by Crippen LogP contribution is -2.49. The zero-order valence-electron chi connectivity index (χ0n) is 11.4. The van der Waals surface area contributed by atoms with Gasteiger partial charge in [-0.1, -0.05) is 0 Å². The normalized spacial score (nSPS) is 17.6. The van der Waals surface area contributed by atoms with Crippen molar-refractivity contribution >= 4 is 23.8 Å². The van der Waals surface area contributed by atoms with Crippen molar-refractivity contribution in [3.8, 4) is 0 Å². The third-order valence-corrected chi connectivity index (χ3v) is 2.20. The van der Waals surface area contributed by atoms with Gasteiger partial charge in [-0.15, -0.1) is 15.3 Å². The molecule has 22 heavy (non-hydrogen) atoms. The minimum absolute atomic E-state index is 0.386. The molecule has 0 fully saturated rings. The van der Waals surface area contributed by atoms with E-state index in [2.05, 4.69) is 20.4 Å². The van der Waals surface area contributed by atoms with E-state index in [0.717, 1.165) is 6.21 Å². The quantitative estimate of drug-likeness (QED) is 0.117. The second-order valence-electron chi connectivity index (χ2n) is 4.00. The lowest BCUT2D eigenvalue weighted by Gasteiger charge is -2.25. The fourth-order valence-electron chi connectivity index (χ4n) is 1.13. The Hall–Kier alpha value is -2.32. The van der Waals surface area contributed by atoms with Gasteiger partial charge in [-0.25, -0.2) is 0 Å². The molecule has 0 heterocycles. The number of nitrogens with zero attached hydrogens (tertiary/aromatic N) is 4. The molecule has 0 bridgehead atoms. The highest BCUT2D eigenvalue weighted by molar-refractivity contribution is 6.32. The van der Waals surface area contributed by atoms with Crippen molar-refractivity contribution in [2.24, 2.45) is 43.3 Å². The number of guanidine groups is 2. The topological polar surface area (TPSA) is 255 Å². The van der Waals surface area contributed by atoms with E-state index in [1.54, 1.807) is 0 Å². The van der Waals surface area contributed by atoms with Crippen LogP contribution >= 0.6 is 0 Å². The number of hydrogen-bond donors (Lipinski definition) is 9. The largest absolute Gasteiger partial charge is 0.394 e. The Morgan fingerprint density at radius 1 is 0.864 bits per heavy atom. The molecule has 0 aromatic carbocycles. The Labute approximate surface area is 125 Å². The number of rotatable bonds is 8. The highest BCUT2D eigenvalue weighted by Gasteiger charge is 2.32. The summed E-state index contributed by atoms with van der Waals surface area (Å²) in [7, 11) is 0. The van der Waals surface area contributed by atoms with Gasteiger partial charge in [0.1, 0.15) is 30.1 Å². The molecule has 0 rings (SSSR count). The molecular formula is C9H20N8O5. The molecule has 4 unspecified atom stereocenters. The Bertz CT molecular complexity index is 457. The van der Waals surface area contributed by atoms with E-state index in [9.17, 15) is 20.4 Å². The first-order valence-corrected chi connectivity index (χ1v) is 5.82. The second-order valence-corrected chi connectivity index (χ2v) is 4.00. The van der Waals surface area contributed by atoms with Gasteiger partial charge in [0, 0.05) is 0 Å². The van der Waals surface area contributed by atoms with Gasteiger partial charge in [0.15, 0.2) is 0 Å². The smallest absolute Gasteiger partial charge is 0.211 e. The Balaban J connectivity index is 5.32. The molecule has 0 saturated carbocycles. The minimum Gasteiger partial charge on any atom is -0.394 e. The van der Waals surface area contributed by atoms with Gasteiger partial charge < -0.3 is 48.5 Å². The van der Waals surface area contributed by atoms with Crippen LogP contribution in [-0.4, -0.2) is 80.4 Å². The molecule has 0 aliphatic rings. The van der Waals surface area contributed by atoms with Crippen LogP contribution in [0.5, 0.6) is 0 Å². The van der Waals surface area contributed by atoms with Crippen molar-refractivity contribution in [1.29, 1.82) is 0 Å². The highest BCUT2D eigenvalue weighted by atomic mass is 16.4. The average Bonchev–Trinajstić information content (AvgIpc) is 2.46. The van der Waals surface area contributed by atoms with Crippen LogP contribution in [0.1, 0.15) is 0 Å². The molecule has 0 aromatic heterocycles. The molecular weight excluding hydrogens is 300 g/mol. The summed E-state index contributed by atoms with van der Waals surface area (Å²) in [6, 6.07) is 0. The molecule has 0 spiro atoms. The van der Waals surface area contributed by atoms with Gasteiger partial charge in [-0.3, -0.25) is 0 Å². The third-order valence-electron chi connectivity index (χ3n) is 2.20. The van der Waals surface area contributed by atoms with Gasteiger partial charge in [0.2, 0.25) is 11.9 Å². The summed E-state index contributed by atoms with van der Waals surface area (Å²) in [6.45, 7) is -0.840. The predicted molar refractivity (Wildman–Crippen MR) is 78.7 cm³/mol. The molecule has 126 valence electrons. The fraction of sp³-hybridized carbons (Fsp3) is 0.556. The Kier molecular flexibility index (Phi) is 8.58. The van der Waals surface area contributed by atoms with Crippen molar-refractivity contribution < 1.29 is 25.5 Å². The van der Waals surface area contributed by atoms with Crippen LogP contribution in [0.15, 0.2) is 20.4 Å². The first kappa shape index (κ1) is 19.7. The van der Waals surface area contributed by atoms with E-state index < -0.39 is 42.7 Å². The molecule has 0 saturated heterocycles. The van der Waals surface area contributed by atoms with Crippen molar-refractivity contribution in [1.82, 2.24) is 0 Å². The molecule has 13 N–H and O–H groups in total. The molecule has 13 heteroatoms. The van der Waals surface area contributed by atoms with Gasteiger partial charge in [0.25, 0.3) is 0 Å². The lowest BCUT2D eigenvalue weighted by atomic mass is 10.0. The molecule has 4 atom stereocenters. The molecule has 0 aliphatic carbocycles. The first-order valence-electron chi connectivity index (χ1n) is 5.82.